The van der Waals surface area contributed by atoms with Crippen LogP contribution in [0.5, 0.6) is 0 Å². The molecule has 16 heavy (non-hydrogen) atoms. The summed E-state index contributed by atoms with van der Waals surface area (Å²) in [6.07, 6.45) is -0.0702. The normalized spacial score (nSPS) is 19.3. The van der Waals surface area contributed by atoms with Crippen LogP contribution in [0.3, 0.4) is 0 Å². The highest BCUT2D eigenvalue weighted by Gasteiger charge is 2.29. The maximum atomic E-state index is 12.0. The maximum Gasteiger partial charge on any atom is 0.304 e. The van der Waals surface area contributed by atoms with Crippen molar-refractivity contribution in [1.29, 1.82) is 0 Å². The van der Waals surface area contributed by atoms with Crippen molar-refractivity contribution in [1.82, 2.24) is 0 Å². The number of carboxylic acids is 1. The topological polar surface area (TPSA) is 54.4 Å². The van der Waals surface area contributed by atoms with Crippen LogP contribution in [0.25, 0.3) is 0 Å². The first-order valence-electron chi connectivity index (χ1n) is 5.07. The second-order valence-corrected chi connectivity index (χ2v) is 5.03. The van der Waals surface area contributed by atoms with E-state index in [0.717, 1.165) is 10.5 Å². The molecule has 0 spiro atoms. The zero-order chi connectivity index (χ0) is 11.7. The Morgan fingerprint density at radius 3 is 3.00 bits per heavy atom. The molecule has 4 heteroatoms. The van der Waals surface area contributed by atoms with Crippen molar-refractivity contribution in [2.24, 2.45) is 5.92 Å². The number of aliphatic carboxylic acids is 1. The van der Waals surface area contributed by atoms with E-state index in [1.54, 1.807) is 11.8 Å². The number of hydrogen-bond donors (Lipinski definition) is 1. The Bertz CT molecular complexity index is 454. The Balaban J connectivity index is 2.30. The van der Waals surface area contributed by atoms with Gasteiger partial charge in [0, 0.05) is 22.1 Å². The predicted octanol–water partition coefficient (Wildman–Crippen LogP) is 2.37. The summed E-state index contributed by atoms with van der Waals surface area (Å²) >= 11 is 1.57. The van der Waals surface area contributed by atoms with E-state index in [2.05, 4.69) is 0 Å². The van der Waals surface area contributed by atoms with Crippen LogP contribution in [-0.2, 0) is 4.79 Å². The Morgan fingerprint density at radius 2 is 2.31 bits per heavy atom. The van der Waals surface area contributed by atoms with Crippen LogP contribution in [0.1, 0.15) is 22.3 Å². The average Bonchev–Trinajstić information content (AvgIpc) is 2.22. The molecule has 0 bridgehead atoms. The number of carbonyl (C=O) groups is 2. The van der Waals surface area contributed by atoms with Gasteiger partial charge in [0.1, 0.15) is 0 Å². The fourth-order valence-electron chi connectivity index (χ4n) is 1.81. The van der Waals surface area contributed by atoms with Gasteiger partial charge >= 0.3 is 5.97 Å². The van der Waals surface area contributed by atoms with Crippen LogP contribution in [0.15, 0.2) is 23.1 Å². The molecule has 0 saturated carbocycles. The van der Waals surface area contributed by atoms with E-state index in [9.17, 15) is 9.59 Å². The summed E-state index contributed by atoms with van der Waals surface area (Å²) in [5, 5.41) is 8.72. The molecule has 1 unspecified atom stereocenters. The van der Waals surface area contributed by atoms with E-state index in [-0.39, 0.29) is 18.1 Å². The summed E-state index contributed by atoms with van der Waals surface area (Å²) < 4.78 is 0. The molecule has 1 aliphatic rings. The molecular formula is C12H12O3S. The van der Waals surface area contributed by atoms with Gasteiger partial charge in [-0.05, 0) is 19.1 Å². The second-order valence-electron chi connectivity index (χ2n) is 3.97. The minimum atomic E-state index is -0.907. The van der Waals surface area contributed by atoms with Crippen molar-refractivity contribution in [2.75, 3.05) is 5.75 Å². The fraction of sp³-hybridized carbons (Fsp3) is 0.333. The third kappa shape index (κ3) is 2.11. The minimum Gasteiger partial charge on any atom is -0.481 e. The fourth-order valence-corrected chi connectivity index (χ4v) is 2.94. The van der Waals surface area contributed by atoms with Crippen LogP contribution in [-0.4, -0.2) is 22.6 Å². The molecule has 84 valence electrons. The molecule has 0 amide bonds. The monoisotopic (exact) mass is 236 g/mol. The summed E-state index contributed by atoms with van der Waals surface area (Å²) in [4.78, 5) is 23.6. The molecule has 0 saturated heterocycles. The highest BCUT2D eigenvalue weighted by atomic mass is 32.2. The minimum absolute atomic E-state index is 0.0279. The predicted molar refractivity (Wildman–Crippen MR) is 62.0 cm³/mol. The molecule has 0 aromatic heterocycles. The van der Waals surface area contributed by atoms with Crippen LogP contribution in [0, 0.1) is 12.8 Å². The lowest BCUT2D eigenvalue weighted by molar-refractivity contribution is -0.137. The number of hydrogen-bond acceptors (Lipinski definition) is 3. The first kappa shape index (κ1) is 11.2. The molecule has 0 fully saturated rings. The van der Waals surface area contributed by atoms with Crippen molar-refractivity contribution in [3.8, 4) is 0 Å². The van der Waals surface area contributed by atoms with E-state index in [4.69, 9.17) is 5.11 Å². The number of fused-ring (bicyclic) bond motifs is 1. The Morgan fingerprint density at radius 1 is 1.56 bits per heavy atom. The summed E-state index contributed by atoms with van der Waals surface area (Å²) in [6.45, 7) is 1.93. The molecule has 1 atom stereocenters. The van der Waals surface area contributed by atoms with Gasteiger partial charge in [-0.1, -0.05) is 11.6 Å². The summed E-state index contributed by atoms with van der Waals surface area (Å²) in [7, 11) is 0. The Labute approximate surface area is 97.9 Å². The van der Waals surface area contributed by atoms with Gasteiger partial charge in [-0.2, -0.15) is 0 Å². The van der Waals surface area contributed by atoms with Crippen LogP contribution < -0.4 is 0 Å². The molecule has 1 aromatic carbocycles. The standard InChI is InChI=1S/C12H12O3S/c1-7-2-3-10-9(4-7)12(15)8(6-16-10)5-11(13)14/h2-4,8H,5-6H2,1H3,(H,13,14). The molecule has 1 aliphatic heterocycles. The van der Waals surface area contributed by atoms with Gasteiger partial charge in [-0.25, -0.2) is 0 Å². The largest absolute Gasteiger partial charge is 0.481 e. The Hall–Kier alpha value is -1.29. The van der Waals surface area contributed by atoms with Crippen molar-refractivity contribution < 1.29 is 14.7 Å². The summed E-state index contributed by atoms with van der Waals surface area (Å²) in [6, 6.07) is 5.75. The SMILES string of the molecule is Cc1ccc2c(c1)C(=O)C(CC(=O)O)CS2. The van der Waals surface area contributed by atoms with E-state index < -0.39 is 5.97 Å². The number of Topliss-reactive ketones (excluding diaryl/α,β-unsaturated/α-hetero) is 1. The van der Waals surface area contributed by atoms with Crippen molar-refractivity contribution >= 4 is 23.5 Å². The lowest BCUT2D eigenvalue weighted by Crippen LogP contribution is -2.24. The first-order valence-corrected chi connectivity index (χ1v) is 6.06. The van der Waals surface area contributed by atoms with Crippen LogP contribution in [0.4, 0.5) is 0 Å². The molecule has 3 nitrogen and oxygen atoms in total. The van der Waals surface area contributed by atoms with Gasteiger partial charge in [-0.15, -0.1) is 11.8 Å². The van der Waals surface area contributed by atoms with E-state index in [0.29, 0.717) is 11.3 Å². The van der Waals surface area contributed by atoms with Crippen molar-refractivity contribution in [2.45, 2.75) is 18.2 Å². The van der Waals surface area contributed by atoms with E-state index in [1.165, 1.54) is 0 Å². The average molecular weight is 236 g/mol. The van der Waals surface area contributed by atoms with Crippen molar-refractivity contribution in [3.63, 3.8) is 0 Å². The number of thioether (sulfide) groups is 1. The van der Waals surface area contributed by atoms with E-state index in [1.807, 2.05) is 25.1 Å². The second kappa shape index (κ2) is 4.29. The summed E-state index contributed by atoms with van der Waals surface area (Å²) in [5.74, 6) is -0.743. The van der Waals surface area contributed by atoms with Crippen molar-refractivity contribution in [3.05, 3.63) is 29.3 Å². The van der Waals surface area contributed by atoms with Crippen LogP contribution >= 0.6 is 11.8 Å². The third-order valence-electron chi connectivity index (χ3n) is 2.63. The number of carbonyl (C=O) groups excluding carboxylic acids is 1. The number of aryl methyl sites for hydroxylation is 1. The number of benzene rings is 1. The molecular weight excluding hydrogens is 224 g/mol. The number of rotatable bonds is 2. The van der Waals surface area contributed by atoms with Crippen LogP contribution in [0.2, 0.25) is 0 Å². The zero-order valence-electron chi connectivity index (χ0n) is 8.90. The van der Waals surface area contributed by atoms with Gasteiger partial charge in [0.2, 0.25) is 0 Å². The molecule has 1 heterocycles. The first-order chi connectivity index (χ1) is 7.58. The molecule has 2 rings (SSSR count). The highest BCUT2D eigenvalue weighted by molar-refractivity contribution is 7.99. The molecule has 0 aliphatic carbocycles. The lowest BCUT2D eigenvalue weighted by atomic mass is 9.95. The number of carboxylic acid groups (broad SMARTS) is 1. The third-order valence-corrected chi connectivity index (χ3v) is 3.87. The molecule has 0 radical (unpaired) electrons. The van der Waals surface area contributed by atoms with E-state index >= 15 is 0 Å². The smallest absolute Gasteiger partial charge is 0.304 e. The van der Waals surface area contributed by atoms with Gasteiger partial charge in [0.25, 0.3) is 0 Å². The van der Waals surface area contributed by atoms with Gasteiger partial charge in [0.15, 0.2) is 5.78 Å². The van der Waals surface area contributed by atoms with Gasteiger partial charge in [-0.3, -0.25) is 9.59 Å². The van der Waals surface area contributed by atoms with Gasteiger partial charge in [0.05, 0.1) is 6.42 Å². The molecule has 1 aromatic rings. The molecule has 1 N–H and O–H groups in total. The number of ketones is 1. The quantitative estimate of drug-likeness (QED) is 0.856. The lowest BCUT2D eigenvalue weighted by Gasteiger charge is -2.21. The maximum absolute atomic E-state index is 12.0. The highest BCUT2D eigenvalue weighted by Crippen LogP contribution is 2.34. The Kier molecular flexibility index (Phi) is 3.01. The zero-order valence-corrected chi connectivity index (χ0v) is 9.71. The van der Waals surface area contributed by atoms with Gasteiger partial charge < -0.3 is 5.11 Å². The summed E-state index contributed by atoms with van der Waals surface area (Å²) in [5.41, 5.74) is 1.71.